The molecule has 1 atom stereocenters. The molecule has 1 aromatic rings. The molecule has 16 heavy (non-hydrogen) atoms. The van der Waals surface area contributed by atoms with Gasteiger partial charge < -0.3 is 16.2 Å². The molecular weight excluding hydrogens is 208 g/mol. The average molecular weight is 226 g/mol. The first-order valence-corrected chi connectivity index (χ1v) is 5.35. The van der Waals surface area contributed by atoms with Gasteiger partial charge in [0.15, 0.2) is 5.69 Å². The highest BCUT2D eigenvalue weighted by Gasteiger charge is 2.15. The summed E-state index contributed by atoms with van der Waals surface area (Å²) in [5.74, 6) is -0.311. The van der Waals surface area contributed by atoms with Crippen molar-refractivity contribution in [1.82, 2.24) is 15.5 Å². The summed E-state index contributed by atoms with van der Waals surface area (Å²) < 4.78 is 0. The van der Waals surface area contributed by atoms with E-state index in [0.717, 1.165) is 5.69 Å². The Bertz CT molecular complexity index is 360. The maximum atomic E-state index is 11.6. The van der Waals surface area contributed by atoms with E-state index >= 15 is 0 Å². The number of carbonyl (C=O) groups is 1. The van der Waals surface area contributed by atoms with Crippen LogP contribution in [0.3, 0.4) is 0 Å². The molecule has 0 radical (unpaired) electrons. The van der Waals surface area contributed by atoms with Gasteiger partial charge in [0.05, 0.1) is 17.5 Å². The Morgan fingerprint density at radius 1 is 1.69 bits per heavy atom. The Kier molecular flexibility index (Phi) is 4.30. The lowest BCUT2D eigenvalue weighted by Crippen LogP contribution is -2.27. The zero-order valence-electron chi connectivity index (χ0n) is 9.58. The van der Waals surface area contributed by atoms with Gasteiger partial charge in [-0.15, -0.1) is 0 Å². The minimum absolute atomic E-state index is 0.224. The number of anilines is 1. The van der Waals surface area contributed by atoms with Crippen LogP contribution in [0.15, 0.2) is 0 Å². The van der Waals surface area contributed by atoms with E-state index in [1.54, 1.807) is 6.92 Å². The van der Waals surface area contributed by atoms with Crippen molar-refractivity contribution < 1.29 is 9.90 Å². The summed E-state index contributed by atoms with van der Waals surface area (Å²) in [6.07, 6.45) is 0.791. The fraction of sp³-hybridized carbons (Fsp3) is 0.600. The van der Waals surface area contributed by atoms with Crippen molar-refractivity contribution in [2.24, 2.45) is 0 Å². The minimum Gasteiger partial charge on any atom is -0.395 e. The predicted octanol–water partition coefficient (Wildman–Crippen LogP) is 0.0550. The SMILES string of the molecule is CCc1[nH]nc(C(=O)NCCC(C)O)c1N. The first-order chi connectivity index (χ1) is 7.56. The molecule has 0 saturated heterocycles. The standard InChI is InChI=1S/C10H18N4O2/c1-3-7-8(11)9(14-13-7)10(16)12-5-4-6(2)15/h6,15H,3-5,11H2,1-2H3,(H,12,16)(H,13,14). The highest BCUT2D eigenvalue weighted by Crippen LogP contribution is 2.13. The fourth-order valence-corrected chi connectivity index (χ4v) is 1.31. The van der Waals surface area contributed by atoms with Crippen LogP contribution in [0.1, 0.15) is 36.5 Å². The van der Waals surface area contributed by atoms with Crippen LogP contribution in [0.25, 0.3) is 0 Å². The van der Waals surface area contributed by atoms with E-state index in [9.17, 15) is 4.79 Å². The normalized spacial score (nSPS) is 12.4. The largest absolute Gasteiger partial charge is 0.395 e. The van der Waals surface area contributed by atoms with Gasteiger partial charge in [-0.3, -0.25) is 9.89 Å². The third kappa shape index (κ3) is 2.96. The number of aliphatic hydroxyl groups excluding tert-OH is 1. The molecule has 0 aliphatic heterocycles. The van der Waals surface area contributed by atoms with E-state index in [1.165, 1.54) is 0 Å². The number of carbonyl (C=O) groups excluding carboxylic acids is 1. The number of nitrogens with zero attached hydrogens (tertiary/aromatic N) is 1. The van der Waals surface area contributed by atoms with Crippen LogP contribution >= 0.6 is 0 Å². The monoisotopic (exact) mass is 226 g/mol. The van der Waals surface area contributed by atoms with Gasteiger partial charge in [0.2, 0.25) is 0 Å². The molecule has 1 aromatic heterocycles. The lowest BCUT2D eigenvalue weighted by atomic mass is 10.2. The zero-order valence-corrected chi connectivity index (χ0v) is 9.58. The van der Waals surface area contributed by atoms with Crippen LogP contribution in [0, 0.1) is 0 Å². The summed E-state index contributed by atoms with van der Waals surface area (Å²) in [5.41, 5.74) is 7.13. The first-order valence-electron chi connectivity index (χ1n) is 5.35. The second kappa shape index (κ2) is 5.50. The van der Waals surface area contributed by atoms with Gasteiger partial charge >= 0.3 is 0 Å². The van der Waals surface area contributed by atoms with Crippen molar-refractivity contribution in [3.8, 4) is 0 Å². The predicted molar refractivity (Wildman–Crippen MR) is 61.0 cm³/mol. The number of aromatic nitrogens is 2. The molecule has 90 valence electrons. The molecule has 0 fully saturated rings. The molecule has 0 aliphatic carbocycles. The van der Waals surface area contributed by atoms with Crippen LogP contribution in [0.5, 0.6) is 0 Å². The molecule has 0 bridgehead atoms. The number of rotatable bonds is 5. The molecule has 0 aromatic carbocycles. The Morgan fingerprint density at radius 3 is 2.88 bits per heavy atom. The van der Waals surface area contributed by atoms with Gasteiger partial charge in [-0.1, -0.05) is 6.92 Å². The number of aryl methyl sites for hydroxylation is 1. The van der Waals surface area contributed by atoms with Crippen LogP contribution in [0.4, 0.5) is 5.69 Å². The van der Waals surface area contributed by atoms with Gasteiger partial charge in [-0.2, -0.15) is 5.10 Å². The van der Waals surface area contributed by atoms with Gasteiger partial charge in [0.1, 0.15) is 0 Å². The van der Waals surface area contributed by atoms with Crippen molar-refractivity contribution in [2.75, 3.05) is 12.3 Å². The van der Waals surface area contributed by atoms with E-state index in [1.807, 2.05) is 6.92 Å². The van der Waals surface area contributed by atoms with Crippen molar-refractivity contribution in [3.63, 3.8) is 0 Å². The number of hydrogen-bond donors (Lipinski definition) is 4. The van der Waals surface area contributed by atoms with E-state index in [0.29, 0.717) is 25.1 Å². The number of nitrogens with one attached hydrogen (secondary N) is 2. The molecule has 0 spiro atoms. The Hall–Kier alpha value is -1.56. The number of aliphatic hydroxyl groups is 1. The smallest absolute Gasteiger partial charge is 0.273 e. The summed E-state index contributed by atoms with van der Waals surface area (Å²) in [6, 6.07) is 0. The first kappa shape index (κ1) is 12.5. The third-order valence-corrected chi connectivity index (χ3v) is 2.30. The number of amides is 1. The molecule has 1 unspecified atom stereocenters. The van der Waals surface area contributed by atoms with Crippen molar-refractivity contribution >= 4 is 11.6 Å². The molecule has 5 N–H and O–H groups in total. The highest BCUT2D eigenvalue weighted by molar-refractivity contribution is 5.97. The fourth-order valence-electron chi connectivity index (χ4n) is 1.31. The minimum atomic E-state index is -0.428. The lowest BCUT2D eigenvalue weighted by molar-refractivity contribution is 0.0941. The van der Waals surface area contributed by atoms with E-state index < -0.39 is 6.10 Å². The zero-order chi connectivity index (χ0) is 12.1. The highest BCUT2D eigenvalue weighted by atomic mass is 16.3. The quantitative estimate of drug-likeness (QED) is 0.569. The maximum Gasteiger partial charge on any atom is 0.273 e. The second-order valence-electron chi connectivity index (χ2n) is 3.71. The lowest BCUT2D eigenvalue weighted by Gasteiger charge is -2.05. The number of aromatic amines is 1. The Balaban J connectivity index is 2.56. The van der Waals surface area contributed by atoms with Crippen LogP contribution in [-0.4, -0.2) is 33.9 Å². The molecular formula is C10H18N4O2. The Morgan fingerprint density at radius 2 is 2.38 bits per heavy atom. The van der Waals surface area contributed by atoms with Gasteiger partial charge in [-0.05, 0) is 19.8 Å². The van der Waals surface area contributed by atoms with Crippen LogP contribution in [-0.2, 0) is 6.42 Å². The summed E-state index contributed by atoms with van der Waals surface area (Å²) in [6.45, 7) is 4.01. The Labute approximate surface area is 94.2 Å². The van der Waals surface area contributed by atoms with Crippen LogP contribution < -0.4 is 11.1 Å². The van der Waals surface area contributed by atoms with E-state index in [-0.39, 0.29) is 11.6 Å². The third-order valence-electron chi connectivity index (χ3n) is 2.30. The molecule has 6 heteroatoms. The van der Waals surface area contributed by atoms with Crippen LogP contribution in [0.2, 0.25) is 0 Å². The van der Waals surface area contributed by atoms with E-state index in [4.69, 9.17) is 10.8 Å². The maximum absolute atomic E-state index is 11.6. The number of nitrogen functional groups attached to an aromatic ring is 1. The number of H-pyrrole nitrogens is 1. The molecule has 6 nitrogen and oxygen atoms in total. The van der Waals surface area contributed by atoms with E-state index in [2.05, 4.69) is 15.5 Å². The van der Waals surface area contributed by atoms with Gasteiger partial charge in [0, 0.05) is 6.54 Å². The number of nitrogens with two attached hydrogens (primary N) is 1. The number of hydrogen-bond acceptors (Lipinski definition) is 4. The summed E-state index contributed by atoms with van der Waals surface area (Å²) >= 11 is 0. The molecule has 0 saturated carbocycles. The van der Waals surface area contributed by atoms with Gasteiger partial charge in [-0.25, -0.2) is 0 Å². The second-order valence-corrected chi connectivity index (χ2v) is 3.71. The molecule has 1 amide bonds. The van der Waals surface area contributed by atoms with Crippen molar-refractivity contribution in [1.29, 1.82) is 0 Å². The summed E-state index contributed by atoms with van der Waals surface area (Å²) in [5, 5.41) is 18.3. The average Bonchev–Trinajstić information content (AvgIpc) is 2.58. The summed E-state index contributed by atoms with van der Waals surface area (Å²) in [4.78, 5) is 11.6. The van der Waals surface area contributed by atoms with Crippen molar-refractivity contribution in [3.05, 3.63) is 11.4 Å². The topological polar surface area (TPSA) is 104 Å². The molecule has 1 heterocycles. The summed E-state index contributed by atoms with van der Waals surface area (Å²) in [7, 11) is 0. The van der Waals surface area contributed by atoms with Gasteiger partial charge in [0.25, 0.3) is 5.91 Å². The van der Waals surface area contributed by atoms with Crippen molar-refractivity contribution in [2.45, 2.75) is 32.8 Å². The molecule has 1 rings (SSSR count). The molecule has 0 aliphatic rings.